The molecule has 2 aromatic carbocycles. The fourth-order valence-electron chi connectivity index (χ4n) is 2.46. The molecule has 0 aliphatic carbocycles. The molecule has 0 radical (unpaired) electrons. The summed E-state index contributed by atoms with van der Waals surface area (Å²) in [6, 6.07) is 16.5. The highest BCUT2D eigenvalue weighted by atomic mass is 32.1. The van der Waals surface area contributed by atoms with Gasteiger partial charge in [-0.3, -0.25) is 0 Å². The number of thiazole rings is 1. The average molecular weight is 379 g/mol. The number of aromatic nitrogens is 1. The molecule has 0 aliphatic rings. The van der Waals surface area contributed by atoms with E-state index in [0.29, 0.717) is 16.1 Å². The zero-order valence-electron chi connectivity index (χ0n) is 14.8. The first-order valence-electron chi connectivity index (χ1n) is 8.12. The Morgan fingerprint density at radius 1 is 0.963 bits per heavy atom. The molecule has 0 amide bonds. The van der Waals surface area contributed by atoms with Crippen LogP contribution in [0.25, 0.3) is 22.9 Å². The van der Waals surface area contributed by atoms with E-state index in [1.807, 2.05) is 35.7 Å². The molecular formula is C21H17NO4S. The van der Waals surface area contributed by atoms with E-state index in [1.165, 1.54) is 25.6 Å². The molecule has 0 saturated heterocycles. The molecule has 0 unspecified atom stereocenters. The summed E-state index contributed by atoms with van der Waals surface area (Å²) in [5, 5.41) is 2.47. The molecule has 136 valence electrons. The van der Waals surface area contributed by atoms with Crippen LogP contribution in [0.2, 0.25) is 0 Å². The molecular weight excluding hydrogens is 362 g/mol. The monoisotopic (exact) mass is 379 g/mol. The van der Waals surface area contributed by atoms with E-state index in [0.717, 1.165) is 16.8 Å². The van der Waals surface area contributed by atoms with Gasteiger partial charge in [-0.2, -0.15) is 0 Å². The molecule has 27 heavy (non-hydrogen) atoms. The number of benzene rings is 2. The number of carbonyl (C=O) groups is 2. The number of hydrogen-bond donors (Lipinski definition) is 0. The number of carbonyl (C=O) groups excluding carboxylic acids is 2. The normalized spacial score (nSPS) is 11.1. The Balaban J connectivity index is 1.95. The van der Waals surface area contributed by atoms with Crippen molar-refractivity contribution in [1.82, 2.24) is 4.98 Å². The number of rotatable bonds is 5. The second-order valence-electron chi connectivity index (χ2n) is 5.57. The summed E-state index contributed by atoms with van der Waals surface area (Å²) >= 11 is 1.37. The quantitative estimate of drug-likeness (QED) is 0.488. The molecule has 6 heteroatoms. The van der Waals surface area contributed by atoms with Crippen molar-refractivity contribution in [3.05, 3.63) is 76.1 Å². The second-order valence-corrected chi connectivity index (χ2v) is 6.43. The molecule has 5 nitrogen and oxygen atoms in total. The summed E-state index contributed by atoms with van der Waals surface area (Å²) < 4.78 is 9.61. The van der Waals surface area contributed by atoms with Gasteiger partial charge in [0.15, 0.2) is 0 Å². The van der Waals surface area contributed by atoms with Crippen molar-refractivity contribution in [2.24, 2.45) is 0 Å². The van der Waals surface area contributed by atoms with E-state index < -0.39 is 11.9 Å². The van der Waals surface area contributed by atoms with Crippen LogP contribution < -0.4 is 0 Å². The minimum atomic E-state index is -0.471. The van der Waals surface area contributed by atoms with Gasteiger partial charge in [-0.05, 0) is 23.8 Å². The Labute approximate surface area is 160 Å². The highest BCUT2D eigenvalue weighted by Gasteiger charge is 2.17. The van der Waals surface area contributed by atoms with Crippen LogP contribution in [0, 0.1) is 0 Å². The van der Waals surface area contributed by atoms with Crippen molar-refractivity contribution >= 4 is 34.9 Å². The van der Waals surface area contributed by atoms with Crippen molar-refractivity contribution in [2.75, 3.05) is 14.2 Å². The molecule has 1 heterocycles. The molecule has 0 N–H and O–H groups in total. The third kappa shape index (κ3) is 4.30. The van der Waals surface area contributed by atoms with Gasteiger partial charge in [-0.1, -0.05) is 42.5 Å². The molecule has 0 spiro atoms. The third-order valence-electron chi connectivity index (χ3n) is 3.85. The van der Waals surface area contributed by atoms with Gasteiger partial charge in [0.1, 0.15) is 5.01 Å². The Bertz CT molecular complexity index is 975. The van der Waals surface area contributed by atoms with Crippen LogP contribution >= 0.6 is 11.3 Å². The molecule has 0 atom stereocenters. The first-order valence-corrected chi connectivity index (χ1v) is 9.00. The van der Waals surface area contributed by atoms with Crippen molar-refractivity contribution in [2.45, 2.75) is 0 Å². The minimum Gasteiger partial charge on any atom is -0.465 e. The van der Waals surface area contributed by atoms with E-state index in [1.54, 1.807) is 30.3 Å². The maximum absolute atomic E-state index is 12.3. The standard InChI is InChI=1S/C21H17NO4S/c1-25-20(23)16-10-8-14(9-11-16)12-17(21(24)26-2)19-22-18(13-27-19)15-6-4-3-5-7-15/h3-13H,1-2H3/b17-12-. The lowest BCUT2D eigenvalue weighted by atomic mass is 10.1. The van der Waals surface area contributed by atoms with E-state index >= 15 is 0 Å². The Morgan fingerprint density at radius 3 is 2.30 bits per heavy atom. The van der Waals surface area contributed by atoms with Crippen LogP contribution in [-0.2, 0) is 14.3 Å². The molecule has 0 aliphatic heterocycles. The van der Waals surface area contributed by atoms with Crippen LogP contribution in [0.4, 0.5) is 0 Å². The van der Waals surface area contributed by atoms with Crippen molar-refractivity contribution < 1.29 is 19.1 Å². The fraction of sp³-hybridized carbons (Fsp3) is 0.0952. The highest BCUT2D eigenvalue weighted by Crippen LogP contribution is 2.28. The third-order valence-corrected chi connectivity index (χ3v) is 4.73. The van der Waals surface area contributed by atoms with E-state index in [2.05, 4.69) is 4.98 Å². The van der Waals surface area contributed by atoms with Crippen LogP contribution in [0.5, 0.6) is 0 Å². The predicted octanol–water partition coefficient (Wildman–Crippen LogP) is 4.31. The maximum Gasteiger partial charge on any atom is 0.340 e. The number of esters is 2. The minimum absolute atomic E-state index is 0.357. The lowest BCUT2D eigenvalue weighted by Gasteiger charge is -2.04. The van der Waals surface area contributed by atoms with Gasteiger partial charge in [0.2, 0.25) is 0 Å². The van der Waals surface area contributed by atoms with Gasteiger partial charge in [-0.25, -0.2) is 14.6 Å². The van der Waals surface area contributed by atoms with Crippen LogP contribution in [0.3, 0.4) is 0 Å². The van der Waals surface area contributed by atoms with Gasteiger partial charge < -0.3 is 9.47 Å². The first kappa shape index (κ1) is 18.5. The summed E-state index contributed by atoms with van der Waals surface area (Å²) in [6.07, 6.45) is 1.69. The molecule has 1 aromatic heterocycles. The highest BCUT2D eigenvalue weighted by molar-refractivity contribution is 7.11. The lowest BCUT2D eigenvalue weighted by Crippen LogP contribution is -2.04. The van der Waals surface area contributed by atoms with Crippen LogP contribution in [0.15, 0.2) is 60.0 Å². The summed E-state index contributed by atoms with van der Waals surface area (Å²) in [5.74, 6) is -0.882. The topological polar surface area (TPSA) is 65.5 Å². The molecule has 0 saturated carbocycles. The SMILES string of the molecule is COC(=O)/C(=C\c1ccc(C(=O)OC)cc1)c1nc(-c2ccccc2)cs1. The van der Waals surface area contributed by atoms with Crippen molar-refractivity contribution in [3.8, 4) is 11.3 Å². The molecule has 0 bridgehead atoms. The van der Waals surface area contributed by atoms with Gasteiger partial charge in [0.25, 0.3) is 0 Å². The summed E-state index contributed by atoms with van der Waals surface area (Å²) in [5.41, 5.74) is 3.32. The van der Waals surface area contributed by atoms with E-state index in [4.69, 9.17) is 9.47 Å². The van der Waals surface area contributed by atoms with Gasteiger partial charge in [-0.15, -0.1) is 11.3 Å². The Hall–Kier alpha value is -3.25. The van der Waals surface area contributed by atoms with Gasteiger partial charge in [0, 0.05) is 10.9 Å². The van der Waals surface area contributed by atoms with Crippen molar-refractivity contribution in [3.63, 3.8) is 0 Å². The van der Waals surface area contributed by atoms with Crippen molar-refractivity contribution in [1.29, 1.82) is 0 Å². The first-order chi connectivity index (χ1) is 13.1. The number of methoxy groups -OCH3 is 2. The van der Waals surface area contributed by atoms with Crippen LogP contribution in [-0.4, -0.2) is 31.1 Å². The maximum atomic E-state index is 12.3. The van der Waals surface area contributed by atoms with Gasteiger partial charge in [0.05, 0.1) is 31.1 Å². The molecule has 0 fully saturated rings. The zero-order chi connectivity index (χ0) is 19.2. The number of hydrogen-bond acceptors (Lipinski definition) is 6. The average Bonchev–Trinajstić information content (AvgIpc) is 3.22. The smallest absolute Gasteiger partial charge is 0.340 e. The summed E-state index contributed by atoms with van der Waals surface area (Å²) in [6.45, 7) is 0. The number of ether oxygens (including phenoxy) is 2. The van der Waals surface area contributed by atoms with Crippen LogP contribution in [0.1, 0.15) is 20.9 Å². The van der Waals surface area contributed by atoms with E-state index in [9.17, 15) is 9.59 Å². The number of nitrogens with zero attached hydrogens (tertiary/aromatic N) is 1. The summed E-state index contributed by atoms with van der Waals surface area (Å²) in [4.78, 5) is 28.4. The Morgan fingerprint density at radius 2 is 1.67 bits per heavy atom. The summed E-state index contributed by atoms with van der Waals surface area (Å²) in [7, 11) is 2.67. The molecule has 3 rings (SSSR count). The largest absolute Gasteiger partial charge is 0.465 e. The van der Waals surface area contributed by atoms with Gasteiger partial charge >= 0.3 is 11.9 Å². The van der Waals surface area contributed by atoms with E-state index in [-0.39, 0.29) is 0 Å². The molecule has 3 aromatic rings. The lowest BCUT2D eigenvalue weighted by molar-refractivity contribution is -0.133. The second kappa shape index (κ2) is 8.42. The predicted molar refractivity (Wildman–Crippen MR) is 105 cm³/mol. The fourth-order valence-corrected chi connectivity index (χ4v) is 3.29. The Kier molecular flexibility index (Phi) is 5.78. The zero-order valence-corrected chi connectivity index (χ0v) is 15.7.